The summed E-state index contributed by atoms with van der Waals surface area (Å²) >= 11 is 0. The number of hydrogen-bond donors (Lipinski definition) is 0. The lowest BCUT2D eigenvalue weighted by atomic mass is 10.2. The number of non-ortho nitro benzene ring substituents is 1. The molecule has 0 aromatic heterocycles. The van der Waals surface area contributed by atoms with Gasteiger partial charge in [-0.2, -0.15) is 0 Å². The van der Waals surface area contributed by atoms with E-state index in [0.717, 1.165) is 4.90 Å². The average Bonchev–Trinajstić information content (AvgIpc) is 2.62. The van der Waals surface area contributed by atoms with Crippen molar-refractivity contribution in [3.8, 4) is 5.75 Å². The van der Waals surface area contributed by atoms with Gasteiger partial charge in [-0.3, -0.25) is 19.7 Å². The first-order chi connectivity index (χ1) is 8.95. The highest BCUT2D eigenvalue weighted by Gasteiger charge is 2.32. The molecule has 0 fully saturated rings. The third-order valence-electron chi connectivity index (χ3n) is 2.72. The smallest absolute Gasteiger partial charge is 0.273 e. The molecule has 0 bridgehead atoms. The highest BCUT2D eigenvalue weighted by Crippen LogP contribution is 2.34. The largest absolute Gasteiger partial charge is 0.494 e. The van der Waals surface area contributed by atoms with Gasteiger partial charge in [0.2, 0.25) is 0 Å². The number of methoxy groups -OCH3 is 1. The lowest BCUT2D eigenvalue weighted by Crippen LogP contribution is -2.30. The third-order valence-corrected chi connectivity index (χ3v) is 2.72. The fourth-order valence-corrected chi connectivity index (χ4v) is 1.78. The maximum absolute atomic E-state index is 11.9. The molecule has 19 heavy (non-hydrogen) atoms. The van der Waals surface area contributed by atoms with Crippen LogP contribution >= 0.6 is 0 Å². The Balaban J connectivity index is 2.49. The van der Waals surface area contributed by atoms with E-state index in [-0.39, 0.29) is 17.1 Å². The van der Waals surface area contributed by atoms with Gasteiger partial charge < -0.3 is 4.74 Å². The Morgan fingerprint density at radius 2 is 2.00 bits per heavy atom. The summed E-state index contributed by atoms with van der Waals surface area (Å²) in [5, 5.41) is 10.7. The van der Waals surface area contributed by atoms with E-state index in [1.54, 1.807) is 0 Å². The van der Waals surface area contributed by atoms with Crippen molar-refractivity contribution < 1.29 is 19.2 Å². The molecule has 1 aromatic rings. The quantitative estimate of drug-likeness (QED) is 0.467. The van der Waals surface area contributed by atoms with Gasteiger partial charge in [0.25, 0.3) is 17.5 Å². The highest BCUT2D eigenvalue weighted by molar-refractivity contribution is 6.30. The van der Waals surface area contributed by atoms with E-state index >= 15 is 0 Å². The van der Waals surface area contributed by atoms with Crippen molar-refractivity contribution in [1.82, 2.24) is 0 Å². The predicted molar refractivity (Wildman–Crippen MR) is 65.9 cm³/mol. The Kier molecular flexibility index (Phi) is 3.04. The lowest BCUT2D eigenvalue weighted by molar-refractivity contribution is -0.384. The first-order valence-corrected chi connectivity index (χ1v) is 5.35. The molecule has 0 spiro atoms. The molecule has 0 saturated carbocycles. The molecule has 2 rings (SSSR count). The molecule has 7 nitrogen and oxygen atoms in total. The second kappa shape index (κ2) is 4.52. The molecular formula is C12H10N2O5. The van der Waals surface area contributed by atoms with E-state index in [9.17, 15) is 19.7 Å². The van der Waals surface area contributed by atoms with Crippen LogP contribution in [-0.4, -0.2) is 23.8 Å². The molecule has 7 heteroatoms. The molecule has 1 aromatic carbocycles. The van der Waals surface area contributed by atoms with Crippen LogP contribution in [0.3, 0.4) is 0 Å². The SMILES string of the molecule is COc1cc([N+](=O)[O-])ccc1N1C(=O)C=C(C)C1=O. The van der Waals surface area contributed by atoms with Gasteiger partial charge >= 0.3 is 0 Å². The number of rotatable bonds is 3. The van der Waals surface area contributed by atoms with Crippen molar-refractivity contribution in [2.45, 2.75) is 6.92 Å². The first kappa shape index (κ1) is 12.7. The van der Waals surface area contributed by atoms with Gasteiger partial charge in [-0.1, -0.05) is 0 Å². The molecule has 0 aliphatic carbocycles. The summed E-state index contributed by atoms with van der Waals surface area (Å²) in [6.07, 6.45) is 1.21. The van der Waals surface area contributed by atoms with Crippen LogP contribution in [0.15, 0.2) is 29.8 Å². The maximum atomic E-state index is 11.9. The molecule has 0 atom stereocenters. The molecule has 1 aliphatic heterocycles. The molecule has 0 N–H and O–H groups in total. The second-order valence-electron chi connectivity index (χ2n) is 3.92. The molecule has 0 radical (unpaired) electrons. The number of nitrogens with zero attached hydrogens (tertiary/aromatic N) is 2. The number of carbonyl (C=O) groups excluding carboxylic acids is 2. The summed E-state index contributed by atoms with van der Waals surface area (Å²) in [5.74, 6) is -0.856. The lowest BCUT2D eigenvalue weighted by Gasteiger charge is -2.17. The van der Waals surface area contributed by atoms with Gasteiger partial charge in [0.15, 0.2) is 0 Å². The molecule has 1 aliphatic rings. The monoisotopic (exact) mass is 262 g/mol. The van der Waals surface area contributed by atoms with Crippen molar-refractivity contribution in [2.24, 2.45) is 0 Å². The summed E-state index contributed by atoms with van der Waals surface area (Å²) in [6.45, 7) is 1.53. The summed E-state index contributed by atoms with van der Waals surface area (Å²) in [4.78, 5) is 34.6. The van der Waals surface area contributed by atoms with Crippen LogP contribution in [0.2, 0.25) is 0 Å². The number of hydrogen-bond acceptors (Lipinski definition) is 5. The summed E-state index contributed by atoms with van der Waals surface area (Å²) in [6, 6.07) is 3.70. The molecule has 2 amide bonds. The third kappa shape index (κ3) is 2.05. The Labute approximate surface area is 108 Å². The van der Waals surface area contributed by atoms with Gasteiger partial charge in [0, 0.05) is 17.7 Å². The van der Waals surface area contributed by atoms with Crippen LogP contribution in [0.25, 0.3) is 0 Å². The number of ether oxygens (including phenoxy) is 1. The Bertz CT molecular complexity index is 621. The van der Waals surface area contributed by atoms with Crippen LogP contribution in [0.1, 0.15) is 6.92 Å². The van der Waals surface area contributed by atoms with E-state index in [0.29, 0.717) is 5.57 Å². The number of imide groups is 1. The molecular weight excluding hydrogens is 252 g/mol. The fraction of sp³-hybridized carbons (Fsp3) is 0.167. The van der Waals surface area contributed by atoms with Gasteiger partial charge in [0.05, 0.1) is 23.8 Å². The summed E-state index contributed by atoms with van der Waals surface area (Å²) in [5.41, 5.74) is 0.325. The minimum atomic E-state index is -0.580. The topological polar surface area (TPSA) is 89.8 Å². The van der Waals surface area contributed by atoms with Crippen molar-refractivity contribution in [1.29, 1.82) is 0 Å². The number of amides is 2. The van der Waals surface area contributed by atoms with Gasteiger partial charge in [0.1, 0.15) is 5.75 Å². The molecule has 98 valence electrons. The van der Waals surface area contributed by atoms with E-state index in [4.69, 9.17) is 4.74 Å². The fourth-order valence-electron chi connectivity index (χ4n) is 1.78. The van der Waals surface area contributed by atoms with Crippen molar-refractivity contribution in [3.63, 3.8) is 0 Å². The number of anilines is 1. The molecule has 0 saturated heterocycles. The summed E-state index contributed by atoms with van der Waals surface area (Å²) in [7, 11) is 1.31. The van der Waals surface area contributed by atoms with E-state index in [1.165, 1.54) is 38.3 Å². The highest BCUT2D eigenvalue weighted by atomic mass is 16.6. The van der Waals surface area contributed by atoms with Crippen LogP contribution in [0, 0.1) is 10.1 Å². The normalized spacial score (nSPS) is 14.6. The van der Waals surface area contributed by atoms with Crippen LogP contribution in [-0.2, 0) is 9.59 Å². The zero-order valence-electron chi connectivity index (χ0n) is 10.2. The Morgan fingerprint density at radius 1 is 1.32 bits per heavy atom. The van der Waals surface area contributed by atoms with Gasteiger partial charge in [-0.15, -0.1) is 0 Å². The van der Waals surface area contributed by atoms with Crippen molar-refractivity contribution in [3.05, 3.63) is 40.0 Å². The van der Waals surface area contributed by atoms with Crippen LogP contribution in [0.5, 0.6) is 5.75 Å². The van der Waals surface area contributed by atoms with Crippen LogP contribution < -0.4 is 9.64 Å². The minimum Gasteiger partial charge on any atom is -0.494 e. The molecule has 1 heterocycles. The number of benzene rings is 1. The zero-order valence-corrected chi connectivity index (χ0v) is 10.2. The second-order valence-corrected chi connectivity index (χ2v) is 3.92. The average molecular weight is 262 g/mol. The molecule has 0 unspecified atom stereocenters. The minimum absolute atomic E-state index is 0.0963. The Morgan fingerprint density at radius 3 is 2.47 bits per heavy atom. The van der Waals surface area contributed by atoms with Gasteiger partial charge in [-0.25, -0.2) is 4.90 Å². The number of carbonyl (C=O) groups is 2. The predicted octanol–water partition coefficient (Wildman–Crippen LogP) is 1.42. The summed E-state index contributed by atoms with van der Waals surface area (Å²) < 4.78 is 5.01. The maximum Gasteiger partial charge on any atom is 0.273 e. The van der Waals surface area contributed by atoms with Crippen LogP contribution in [0.4, 0.5) is 11.4 Å². The first-order valence-electron chi connectivity index (χ1n) is 5.35. The van der Waals surface area contributed by atoms with E-state index in [2.05, 4.69) is 0 Å². The number of nitro benzene ring substituents is 1. The van der Waals surface area contributed by atoms with E-state index < -0.39 is 16.7 Å². The number of nitro groups is 1. The van der Waals surface area contributed by atoms with Crippen molar-refractivity contribution in [2.75, 3.05) is 12.0 Å². The standard InChI is InChI=1S/C12H10N2O5/c1-7-5-11(15)13(12(7)16)9-4-3-8(14(17)18)6-10(9)19-2/h3-6H,1-2H3. The Hall–Kier alpha value is -2.70. The zero-order chi connectivity index (χ0) is 14.2. The van der Waals surface area contributed by atoms with E-state index in [1.807, 2.05) is 0 Å². The van der Waals surface area contributed by atoms with Gasteiger partial charge in [-0.05, 0) is 13.0 Å². The van der Waals surface area contributed by atoms with Crippen molar-refractivity contribution >= 4 is 23.2 Å².